The maximum atomic E-state index is 5.27. The summed E-state index contributed by atoms with van der Waals surface area (Å²) in [6, 6.07) is 39.7. The van der Waals surface area contributed by atoms with Crippen LogP contribution in [0.4, 0.5) is 28.4 Å². The number of hydrazine groups is 1. The molecule has 8 nitrogen and oxygen atoms in total. The Bertz CT molecular complexity index is 1920. The lowest BCUT2D eigenvalue weighted by atomic mass is 9.84. The van der Waals surface area contributed by atoms with E-state index in [1.807, 2.05) is 60.7 Å². The summed E-state index contributed by atoms with van der Waals surface area (Å²) in [5.41, 5.74) is 12.7. The van der Waals surface area contributed by atoms with Crippen molar-refractivity contribution in [2.24, 2.45) is 5.10 Å². The van der Waals surface area contributed by atoms with Crippen LogP contribution in [0.2, 0.25) is 0 Å². The van der Waals surface area contributed by atoms with E-state index in [0.29, 0.717) is 0 Å². The first-order valence-electron chi connectivity index (χ1n) is 18.2. The van der Waals surface area contributed by atoms with E-state index in [1.165, 1.54) is 29.8 Å². The summed E-state index contributed by atoms with van der Waals surface area (Å²) in [6.07, 6.45) is 13.1. The molecule has 0 bridgehead atoms. The Kier molecular flexibility index (Phi) is 11.8. The molecule has 2 N–H and O–H groups in total. The molecule has 2 heterocycles. The number of aryl methyl sites for hydroxylation is 1. The minimum absolute atomic E-state index is 0.110. The highest BCUT2D eigenvalue weighted by Crippen LogP contribution is 2.47. The number of allylic oxidation sites excluding steroid dienone is 1. The van der Waals surface area contributed by atoms with Crippen molar-refractivity contribution < 1.29 is 9.30 Å². The summed E-state index contributed by atoms with van der Waals surface area (Å²) < 4.78 is 7.54. The van der Waals surface area contributed by atoms with Gasteiger partial charge in [0.2, 0.25) is 0 Å². The monoisotopic (exact) mass is 694 g/mol. The number of fused-ring (bicyclic) bond motifs is 1. The van der Waals surface area contributed by atoms with Crippen molar-refractivity contribution in [1.29, 1.82) is 0 Å². The summed E-state index contributed by atoms with van der Waals surface area (Å²) in [5, 5.41) is 12.0. The van der Waals surface area contributed by atoms with Gasteiger partial charge in [0.15, 0.2) is 12.4 Å². The number of nitrogens with one attached hydrogen (secondary N) is 2. The lowest BCUT2D eigenvalue weighted by Crippen LogP contribution is -2.34. The van der Waals surface area contributed by atoms with Crippen LogP contribution in [0.5, 0.6) is 5.75 Å². The highest BCUT2D eigenvalue weighted by Gasteiger charge is 2.39. The average molecular weight is 695 g/mol. The van der Waals surface area contributed by atoms with Gasteiger partial charge in [-0.3, -0.25) is 10.0 Å². The predicted octanol–water partition coefficient (Wildman–Crippen LogP) is 9.04. The van der Waals surface area contributed by atoms with E-state index in [9.17, 15) is 0 Å². The lowest BCUT2D eigenvalue weighted by Gasteiger charge is -2.29. The number of rotatable bonds is 16. The Morgan fingerprint density at radius 1 is 0.750 bits per heavy atom. The topological polar surface area (TPSA) is 59.3 Å². The molecule has 1 aliphatic heterocycles. The quantitative estimate of drug-likeness (QED) is 0.0466. The van der Waals surface area contributed by atoms with Gasteiger partial charge >= 0.3 is 0 Å². The van der Waals surface area contributed by atoms with Crippen LogP contribution in [-0.4, -0.2) is 34.0 Å². The molecule has 0 radical (unpaired) electrons. The van der Waals surface area contributed by atoms with Gasteiger partial charge in [-0.05, 0) is 85.1 Å². The molecule has 268 valence electrons. The van der Waals surface area contributed by atoms with Crippen LogP contribution in [-0.2, 0) is 12.0 Å². The van der Waals surface area contributed by atoms with Gasteiger partial charge in [-0.15, -0.1) is 0 Å². The van der Waals surface area contributed by atoms with Crippen LogP contribution in [0.3, 0.4) is 0 Å². The predicted molar refractivity (Wildman–Crippen MR) is 217 cm³/mol. The summed E-state index contributed by atoms with van der Waals surface area (Å²) in [7, 11) is 5.71. The highest BCUT2D eigenvalue weighted by molar-refractivity contribution is 5.79. The minimum Gasteiger partial charge on any atom is -0.497 e. The number of anilines is 5. The van der Waals surface area contributed by atoms with E-state index in [4.69, 9.17) is 4.74 Å². The Hall–Kier alpha value is -5.76. The van der Waals surface area contributed by atoms with Gasteiger partial charge in [0.1, 0.15) is 12.3 Å². The fourth-order valence-corrected chi connectivity index (χ4v) is 6.67. The summed E-state index contributed by atoms with van der Waals surface area (Å²) in [5.74, 6) is 0.845. The summed E-state index contributed by atoms with van der Waals surface area (Å²) in [4.78, 5) is 2.52. The van der Waals surface area contributed by atoms with E-state index in [0.717, 1.165) is 60.0 Å². The molecule has 0 saturated carbocycles. The first-order chi connectivity index (χ1) is 25.3. The number of aromatic nitrogens is 1. The maximum Gasteiger partial charge on any atom is 0.169 e. The number of hydrogen-bond acceptors (Lipinski definition) is 7. The van der Waals surface area contributed by atoms with Crippen molar-refractivity contribution in [3.63, 3.8) is 0 Å². The Morgan fingerprint density at radius 2 is 1.40 bits per heavy atom. The zero-order valence-corrected chi connectivity index (χ0v) is 31.2. The molecule has 4 aromatic carbocycles. The van der Waals surface area contributed by atoms with Crippen molar-refractivity contribution in [3.8, 4) is 5.75 Å². The van der Waals surface area contributed by atoms with Gasteiger partial charge in [-0.25, -0.2) is 4.57 Å². The van der Waals surface area contributed by atoms with Crippen LogP contribution in [0.15, 0.2) is 145 Å². The lowest BCUT2D eigenvalue weighted by molar-refractivity contribution is -0.697. The van der Waals surface area contributed by atoms with Gasteiger partial charge in [-0.1, -0.05) is 56.7 Å². The number of ether oxygens (including phenoxy) is 1. The van der Waals surface area contributed by atoms with Crippen LogP contribution in [0.25, 0.3) is 0 Å². The maximum absolute atomic E-state index is 5.27. The molecule has 0 unspecified atom stereocenters. The molecule has 1 aromatic heterocycles. The van der Waals surface area contributed by atoms with Crippen LogP contribution in [0.1, 0.15) is 50.7 Å². The molecule has 0 spiro atoms. The van der Waals surface area contributed by atoms with E-state index >= 15 is 0 Å². The second-order valence-electron chi connectivity index (χ2n) is 13.8. The molecule has 1 aliphatic rings. The standard InChI is InChI=1S/C44H52N7O/c1-44(2)41-17-11-12-18-42(41)51(43(44)34-46-49(4)39-23-19-36(20-24-39)47-37-21-25-40(52-5)26-22-37)30-14-7-6-13-29-50-31-27-35(28-32-50)33-45-48(3)38-15-9-8-10-16-38/h8-12,15-28,31-34,46-47H,6-7,13-14,29-30H2,1-5H3/q+1. The average Bonchev–Trinajstić information content (AvgIpc) is 3.40. The molecule has 0 fully saturated rings. The van der Waals surface area contributed by atoms with Gasteiger partial charge in [0.05, 0.1) is 24.7 Å². The second kappa shape index (κ2) is 17.0. The molecular formula is C44H52N7O+. The Labute approximate surface area is 309 Å². The van der Waals surface area contributed by atoms with E-state index in [2.05, 4.69) is 143 Å². The van der Waals surface area contributed by atoms with E-state index in [-0.39, 0.29) is 5.41 Å². The first kappa shape index (κ1) is 36.0. The molecule has 52 heavy (non-hydrogen) atoms. The van der Waals surface area contributed by atoms with Crippen molar-refractivity contribution >= 4 is 34.7 Å². The Morgan fingerprint density at radius 3 is 2.12 bits per heavy atom. The fourth-order valence-electron chi connectivity index (χ4n) is 6.67. The highest BCUT2D eigenvalue weighted by atomic mass is 16.5. The third-order valence-corrected chi connectivity index (χ3v) is 9.80. The number of benzene rings is 4. The van der Waals surface area contributed by atoms with Crippen LogP contribution in [0, 0.1) is 0 Å². The molecule has 8 heteroatoms. The van der Waals surface area contributed by atoms with Gasteiger partial charge < -0.3 is 20.4 Å². The van der Waals surface area contributed by atoms with Crippen molar-refractivity contribution in [2.45, 2.75) is 51.5 Å². The molecule has 6 rings (SSSR count). The number of pyridine rings is 1. The molecule has 0 saturated heterocycles. The van der Waals surface area contributed by atoms with Gasteiger partial charge in [-0.2, -0.15) is 5.10 Å². The Balaban J connectivity index is 0.995. The number of para-hydroxylation sites is 2. The van der Waals surface area contributed by atoms with E-state index in [1.54, 1.807) is 7.11 Å². The molecule has 0 amide bonds. The molecule has 0 atom stereocenters. The number of nitrogens with zero attached hydrogens (tertiary/aromatic N) is 5. The van der Waals surface area contributed by atoms with Gasteiger partial charge in [0.25, 0.3) is 0 Å². The molecule has 5 aromatic rings. The van der Waals surface area contributed by atoms with Crippen molar-refractivity contribution in [2.75, 3.05) is 48.0 Å². The molecular weight excluding hydrogens is 643 g/mol. The smallest absolute Gasteiger partial charge is 0.169 e. The largest absolute Gasteiger partial charge is 0.497 e. The van der Waals surface area contributed by atoms with Crippen LogP contribution >= 0.6 is 0 Å². The molecule has 0 aliphatic carbocycles. The van der Waals surface area contributed by atoms with E-state index < -0.39 is 0 Å². The van der Waals surface area contributed by atoms with Gasteiger partial charge in [0, 0.05) is 79.1 Å². The summed E-state index contributed by atoms with van der Waals surface area (Å²) >= 11 is 0. The van der Waals surface area contributed by atoms with Crippen LogP contribution < -0.4 is 35.0 Å². The third-order valence-electron chi connectivity index (χ3n) is 9.80. The zero-order chi connectivity index (χ0) is 36.3. The third kappa shape index (κ3) is 8.93. The SMILES string of the molecule is COc1ccc(Nc2ccc(N(C)NC=C3N(CCCCCC[n+]4ccc(C=NN(C)c5ccccc5)cc4)c4ccccc4C3(C)C)cc2)cc1. The van der Waals surface area contributed by atoms with Crippen molar-refractivity contribution in [3.05, 3.63) is 151 Å². The number of hydrazone groups is 1. The minimum atomic E-state index is -0.110. The number of methoxy groups -OCH3 is 1. The summed E-state index contributed by atoms with van der Waals surface area (Å²) in [6.45, 7) is 6.66. The second-order valence-corrected chi connectivity index (χ2v) is 13.8. The normalized spacial score (nSPS) is 14.0. The number of unbranched alkanes of at least 4 members (excludes halogenated alkanes) is 3. The zero-order valence-electron chi connectivity index (χ0n) is 31.2. The first-order valence-corrected chi connectivity index (χ1v) is 18.2. The number of hydrogen-bond donors (Lipinski definition) is 2. The fraction of sp³-hybridized carbons (Fsp3) is 0.273. The van der Waals surface area contributed by atoms with Crippen molar-refractivity contribution in [1.82, 2.24) is 5.43 Å².